The highest BCUT2D eigenvalue weighted by Gasteiger charge is 2.17. The van der Waals surface area contributed by atoms with E-state index in [0.717, 1.165) is 82.9 Å². The lowest BCUT2D eigenvalue weighted by Gasteiger charge is -2.14. The molecule has 0 saturated heterocycles. The smallest absolute Gasteiger partial charge is 0.0979 e. The first-order chi connectivity index (χ1) is 33.2. The van der Waals surface area contributed by atoms with Crippen molar-refractivity contribution in [2.75, 3.05) is 0 Å². The SMILES string of the molecule is c1ccc(-c2ccc(-c3ccc4c5ccc(-c6ccc(-c7ccccc7)cc6)cc5c5nc(-c6cccc(-c7ccc8c(c7)c7ccccc7n8-c7ccccc7)c6)cnc5c4c3)cc2)cc1. The molecule has 0 aliphatic rings. The van der Waals surface area contributed by atoms with E-state index in [0.29, 0.717) is 0 Å². The quantitative estimate of drug-likeness (QED) is 0.150. The van der Waals surface area contributed by atoms with Crippen molar-refractivity contribution in [3.8, 4) is 72.6 Å². The van der Waals surface area contributed by atoms with Gasteiger partial charge in [-0.2, -0.15) is 0 Å². The Kier molecular flexibility index (Phi) is 9.17. The number of hydrogen-bond acceptors (Lipinski definition) is 2. The molecule has 0 radical (unpaired) electrons. The van der Waals surface area contributed by atoms with E-state index >= 15 is 0 Å². The van der Waals surface area contributed by atoms with Gasteiger partial charge in [-0.05, 0) is 115 Å². The molecular formula is C64H41N3. The molecule has 0 amide bonds. The van der Waals surface area contributed by atoms with Crippen LogP contribution in [0.4, 0.5) is 0 Å². The van der Waals surface area contributed by atoms with Crippen molar-refractivity contribution < 1.29 is 0 Å². The summed E-state index contributed by atoms with van der Waals surface area (Å²) in [6.45, 7) is 0. The number of fused-ring (bicyclic) bond motifs is 9. The molecule has 13 rings (SSSR count). The Morgan fingerprint density at radius 2 is 0.672 bits per heavy atom. The number of aromatic nitrogens is 3. The number of rotatable bonds is 7. The summed E-state index contributed by atoms with van der Waals surface area (Å²) in [7, 11) is 0. The summed E-state index contributed by atoms with van der Waals surface area (Å²) in [5.74, 6) is 0. The van der Waals surface area contributed by atoms with Crippen LogP contribution in [-0.4, -0.2) is 14.5 Å². The lowest BCUT2D eigenvalue weighted by molar-refractivity contribution is 1.18. The summed E-state index contributed by atoms with van der Waals surface area (Å²) < 4.78 is 2.36. The maximum absolute atomic E-state index is 5.56. The van der Waals surface area contributed by atoms with Gasteiger partial charge in [0.2, 0.25) is 0 Å². The highest BCUT2D eigenvalue weighted by Crippen LogP contribution is 2.40. The normalized spacial score (nSPS) is 11.6. The van der Waals surface area contributed by atoms with Crippen LogP contribution >= 0.6 is 0 Å². The van der Waals surface area contributed by atoms with E-state index in [9.17, 15) is 0 Å². The van der Waals surface area contributed by atoms with Gasteiger partial charge < -0.3 is 4.57 Å². The topological polar surface area (TPSA) is 30.7 Å². The molecule has 312 valence electrons. The molecule has 0 atom stereocenters. The lowest BCUT2D eigenvalue weighted by Crippen LogP contribution is -1.94. The van der Waals surface area contributed by atoms with E-state index in [4.69, 9.17) is 9.97 Å². The van der Waals surface area contributed by atoms with Gasteiger partial charge in [-0.25, -0.2) is 4.98 Å². The Hall–Kier alpha value is -8.92. The summed E-state index contributed by atoms with van der Waals surface area (Å²) in [6.07, 6.45) is 1.96. The Bertz CT molecular complexity index is 3990. The van der Waals surface area contributed by atoms with Gasteiger partial charge in [-0.15, -0.1) is 0 Å². The van der Waals surface area contributed by atoms with Crippen LogP contribution in [0.5, 0.6) is 0 Å². The van der Waals surface area contributed by atoms with Crippen LogP contribution in [0.15, 0.2) is 249 Å². The third kappa shape index (κ3) is 6.76. The second kappa shape index (κ2) is 16.0. The van der Waals surface area contributed by atoms with Crippen molar-refractivity contribution in [1.82, 2.24) is 14.5 Å². The number of hydrogen-bond donors (Lipinski definition) is 0. The first-order valence-electron chi connectivity index (χ1n) is 22.9. The van der Waals surface area contributed by atoms with Gasteiger partial charge in [0.05, 0.1) is 34.0 Å². The first-order valence-corrected chi connectivity index (χ1v) is 22.9. The zero-order valence-electron chi connectivity index (χ0n) is 36.5. The van der Waals surface area contributed by atoms with Crippen LogP contribution in [0, 0.1) is 0 Å². The van der Waals surface area contributed by atoms with Crippen molar-refractivity contribution >= 4 is 54.4 Å². The molecule has 0 aliphatic carbocycles. The van der Waals surface area contributed by atoms with E-state index in [-0.39, 0.29) is 0 Å². The number of nitrogens with zero attached hydrogens (tertiary/aromatic N) is 3. The number of para-hydroxylation sites is 2. The second-order valence-electron chi connectivity index (χ2n) is 17.4. The Morgan fingerprint density at radius 3 is 1.30 bits per heavy atom. The fourth-order valence-electron chi connectivity index (χ4n) is 10.1. The maximum Gasteiger partial charge on any atom is 0.0979 e. The summed E-state index contributed by atoms with van der Waals surface area (Å²) in [5.41, 5.74) is 18.9. The van der Waals surface area contributed by atoms with E-state index in [1.54, 1.807) is 0 Å². The minimum absolute atomic E-state index is 0.835. The molecule has 0 fully saturated rings. The molecule has 3 heteroatoms. The van der Waals surface area contributed by atoms with Crippen LogP contribution in [0.3, 0.4) is 0 Å². The van der Waals surface area contributed by atoms with Gasteiger partial charge in [0.1, 0.15) is 0 Å². The molecule has 0 aliphatic heterocycles. The predicted molar refractivity (Wildman–Crippen MR) is 282 cm³/mol. The summed E-state index contributed by atoms with van der Waals surface area (Å²) in [6, 6.07) is 87.3. The highest BCUT2D eigenvalue weighted by molar-refractivity contribution is 6.24. The van der Waals surface area contributed by atoms with Crippen molar-refractivity contribution in [1.29, 1.82) is 0 Å². The monoisotopic (exact) mass is 851 g/mol. The van der Waals surface area contributed by atoms with E-state index in [2.05, 4.69) is 247 Å². The van der Waals surface area contributed by atoms with E-state index in [1.807, 2.05) is 6.20 Å². The average molecular weight is 852 g/mol. The van der Waals surface area contributed by atoms with Gasteiger partial charge >= 0.3 is 0 Å². The fourth-order valence-corrected chi connectivity index (χ4v) is 10.1. The van der Waals surface area contributed by atoms with Gasteiger partial charge in [-0.1, -0.05) is 194 Å². The molecule has 2 aromatic heterocycles. The predicted octanol–water partition coefficient (Wildman–Crippen LogP) is 17.0. The minimum Gasteiger partial charge on any atom is -0.309 e. The van der Waals surface area contributed by atoms with E-state index in [1.165, 1.54) is 44.1 Å². The Labute approximate surface area is 388 Å². The van der Waals surface area contributed by atoms with Crippen molar-refractivity contribution in [3.05, 3.63) is 249 Å². The molecule has 67 heavy (non-hydrogen) atoms. The molecular weight excluding hydrogens is 811 g/mol. The largest absolute Gasteiger partial charge is 0.309 e. The van der Waals surface area contributed by atoms with Crippen LogP contribution in [0.2, 0.25) is 0 Å². The van der Waals surface area contributed by atoms with Gasteiger partial charge in [-0.3, -0.25) is 4.98 Å². The van der Waals surface area contributed by atoms with E-state index < -0.39 is 0 Å². The fraction of sp³-hybridized carbons (Fsp3) is 0. The molecule has 0 spiro atoms. The third-order valence-electron chi connectivity index (χ3n) is 13.4. The van der Waals surface area contributed by atoms with Crippen molar-refractivity contribution in [2.45, 2.75) is 0 Å². The molecule has 13 aromatic rings. The molecule has 3 nitrogen and oxygen atoms in total. The van der Waals surface area contributed by atoms with Gasteiger partial charge in [0, 0.05) is 32.8 Å². The summed E-state index contributed by atoms with van der Waals surface area (Å²) in [5, 5.41) is 6.94. The maximum atomic E-state index is 5.56. The van der Waals surface area contributed by atoms with Crippen molar-refractivity contribution in [3.63, 3.8) is 0 Å². The average Bonchev–Trinajstić information content (AvgIpc) is 3.75. The van der Waals surface area contributed by atoms with Crippen LogP contribution < -0.4 is 0 Å². The molecule has 0 saturated carbocycles. The molecule has 0 bridgehead atoms. The lowest BCUT2D eigenvalue weighted by atomic mass is 9.92. The Balaban J connectivity index is 0.947. The minimum atomic E-state index is 0.835. The zero-order chi connectivity index (χ0) is 44.3. The summed E-state index contributed by atoms with van der Waals surface area (Å²) >= 11 is 0. The van der Waals surface area contributed by atoms with Gasteiger partial charge in [0.15, 0.2) is 0 Å². The summed E-state index contributed by atoms with van der Waals surface area (Å²) in [4.78, 5) is 10.9. The highest BCUT2D eigenvalue weighted by atomic mass is 15.0. The van der Waals surface area contributed by atoms with Gasteiger partial charge in [0.25, 0.3) is 0 Å². The Morgan fingerprint density at radius 1 is 0.254 bits per heavy atom. The molecule has 0 unspecified atom stereocenters. The molecule has 0 N–H and O–H groups in total. The van der Waals surface area contributed by atoms with Crippen LogP contribution in [0.25, 0.3) is 127 Å². The third-order valence-corrected chi connectivity index (χ3v) is 13.4. The zero-order valence-corrected chi connectivity index (χ0v) is 36.5. The molecule has 11 aromatic carbocycles. The molecule has 2 heterocycles. The standard InChI is InChI=1S/C64H41N3/c1-4-13-42(14-5-1)44-23-27-46(28-24-44)49-31-34-54-55-35-32-50(47-29-25-45(26-30-47)43-15-6-2-7-16-43)40-59(55)64-63(58(54)39-49)65-41-60(66-64)52-18-12-17-48(37-52)51-33-36-62-57(38-51)56-21-10-11-22-61(56)67(62)53-19-8-3-9-20-53/h1-41H. The van der Waals surface area contributed by atoms with Crippen LogP contribution in [-0.2, 0) is 0 Å². The first kappa shape index (κ1) is 38.5. The van der Waals surface area contributed by atoms with Crippen molar-refractivity contribution in [2.24, 2.45) is 0 Å². The second-order valence-corrected chi connectivity index (χ2v) is 17.4. The number of benzene rings is 11. The van der Waals surface area contributed by atoms with Crippen LogP contribution in [0.1, 0.15) is 0 Å².